The molecule has 1 fully saturated rings. The number of aryl methyl sites for hydroxylation is 2. The highest BCUT2D eigenvalue weighted by molar-refractivity contribution is 5.84. The van der Waals surface area contributed by atoms with Gasteiger partial charge in [-0.2, -0.15) is 0 Å². The van der Waals surface area contributed by atoms with Crippen LogP contribution in [0.15, 0.2) is 9.41 Å². The Kier molecular flexibility index (Phi) is 6.63. The van der Waals surface area contributed by atoms with Gasteiger partial charge in [-0.3, -0.25) is 4.79 Å². The Hall–Kier alpha value is -2.05. The van der Waals surface area contributed by atoms with Gasteiger partial charge in [-0.15, -0.1) is 0 Å². The summed E-state index contributed by atoms with van der Waals surface area (Å²) in [6.45, 7) is 4.40. The van der Waals surface area contributed by atoms with Crippen LogP contribution < -0.4 is 10.6 Å². The number of carbonyl (C=O) groups excluding carboxylic acids is 1. The Morgan fingerprint density at radius 2 is 2.00 bits per heavy atom. The molecule has 1 amide bonds. The highest BCUT2D eigenvalue weighted by Crippen LogP contribution is 2.17. The fourth-order valence-electron chi connectivity index (χ4n) is 2.66. The van der Waals surface area contributed by atoms with E-state index in [-0.39, 0.29) is 12.5 Å². The van der Waals surface area contributed by atoms with Crippen molar-refractivity contribution in [2.24, 2.45) is 4.99 Å². The summed E-state index contributed by atoms with van der Waals surface area (Å²) >= 11 is 0. The van der Waals surface area contributed by atoms with Crippen LogP contribution in [-0.4, -0.2) is 48.4 Å². The predicted molar refractivity (Wildman–Crippen MR) is 93.8 cm³/mol. The fourth-order valence-corrected chi connectivity index (χ4v) is 2.66. The number of nitrogens with one attached hydrogen (secondary N) is 2. The molecular formula is C17H29N5O2. The van der Waals surface area contributed by atoms with Crippen molar-refractivity contribution in [2.75, 3.05) is 20.6 Å². The molecule has 0 atom stereocenters. The first kappa shape index (κ1) is 18.3. The topological polar surface area (TPSA) is 82.8 Å². The molecule has 1 aliphatic rings. The monoisotopic (exact) mass is 335 g/mol. The number of aliphatic imine (C=N–C) groups is 1. The molecule has 7 nitrogen and oxygen atoms in total. The van der Waals surface area contributed by atoms with Crippen molar-refractivity contribution in [2.45, 2.75) is 58.5 Å². The van der Waals surface area contributed by atoms with Crippen molar-refractivity contribution >= 4 is 11.9 Å². The molecule has 2 rings (SSSR count). The van der Waals surface area contributed by atoms with E-state index in [1.807, 2.05) is 13.8 Å². The van der Waals surface area contributed by atoms with E-state index in [2.05, 4.69) is 20.6 Å². The van der Waals surface area contributed by atoms with Crippen molar-refractivity contribution in [3.63, 3.8) is 0 Å². The lowest BCUT2D eigenvalue weighted by Gasteiger charge is -2.25. The highest BCUT2D eigenvalue weighted by atomic mass is 16.4. The summed E-state index contributed by atoms with van der Waals surface area (Å²) in [5, 5.41) is 6.67. The largest absolute Gasteiger partial charge is 0.444 e. The molecular weight excluding hydrogens is 306 g/mol. The molecule has 0 bridgehead atoms. The Balaban J connectivity index is 1.97. The van der Waals surface area contributed by atoms with Crippen molar-refractivity contribution in [3.05, 3.63) is 17.3 Å². The number of aromatic nitrogens is 1. The van der Waals surface area contributed by atoms with Crippen LogP contribution in [0.3, 0.4) is 0 Å². The van der Waals surface area contributed by atoms with Crippen LogP contribution >= 0.6 is 0 Å². The number of guanidine groups is 1. The molecule has 0 unspecified atom stereocenters. The molecule has 0 spiro atoms. The van der Waals surface area contributed by atoms with Gasteiger partial charge in [0.1, 0.15) is 12.3 Å². The Morgan fingerprint density at radius 1 is 1.29 bits per heavy atom. The molecule has 7 heteroatoms. The van der Waals surface area contributed by atoms with Gasteiger partial charge in [-0.25, -0.2) is 9.98 Å². The minimum Gasteiger partial charge on any atom is -0.444 e. The third-order valence-electron chi connectivity index (χ3n) is 4.30. The maximum absolute atomic E-state index is 11.8. The van der Waals surface area contributed by atoms with Crippen LogP contribution in [-0.2, 0) is 11.3 Å². The van der Waals surface area contributed by atoms with E-state index in [0.29, 0.717) is 24.4 Å². The first-order valence-corrected chi connectivity index (χ1v) is 8.63. The smallest absolute Gasteiger partial charge is 0.243 e. The molecule has 1 heterocycles. The SMILES string of the molecule is Cc1nc(CNC(=NCC(=O)N(C)C)NC2CCCCC2)oc1C. The average molecular weight is 335 g/mol. The van der Waals surface area contributed by atoms with Gasteiger partial charge < -0.3 is 20.0 Å². The summed E-state index contributed by atoms with van der Waals surface area (Å²) in [6, 6.07) is 0.410. The standard InChI is InChI=1S/C17H29N5O2/c1-12-13(2)24-15(20-12)10-18-17(19-11-16(23)22(3)4)21-14-8-6-5-7-9-14/h14H,5-11H2,1-4H3,(H2,18,19,21). The molecule has 24 heavy (non-hydrogen) atoms. The van der Waals surface area contributed by atoms with Gasteiger partial charge in [0.2, 0.25) is 11.8 Å². The molecule has 134 valence electrons. The van der Waals surface area contributed by atoms with E-state index in [0.717, 1.165) is 24.3 Å². The molecule has 0 saturated heterocycles. The minimum absolute atomic E-state index is 0.0254. The van der Waals surface area contributed by atoms with Crippen molar-refractivity contribution < 1.29 is 9.21 Å². The lowest BCUT2D eigenvalue weighted by molar-refractivity contribution is -0.127. The average Bonchev–Trinajstić information content (AvgIpc) is 2.88. The lowest BCUT2D eigenvalue weighted by Crippen LogP contribution is -2.44. The van der Waals surface area contributed by atoms with E-state index >= 15 is 0 Å². The van der Waals surface area contributed by atoms with Crippen LogP contribution in [0.4, 0.5) is 0 Å². The van der Waals surface area contributed by atoms with Gasteiger partial charge in [-0.05, 0) is 26.7 Å². The van der Waals surface area contributed by atoms with Crippen molar-refractivity contribution in [3.8, 4) is 0 Å². The molecule has 2 N–H and O–H groups in total. The van der Waals surface area contributed by atoms with Crippen LogP contribution in [0, 0.1) is 13.8 Å². The van der Waals surface area contributed by atoms with E-state index in [9.17, 15) is 4.79 Å². The maximum atomic E-state index is 11.8. The van der Waals surface area contributed by atoms with Crippen LogP contribution in [0.2, 0.25) is 0 Å². The summed E-state index contributed by atoms with van der Waals surface area (Å²) in [5.74, 6) is 2.07. The van der Waals surface area contributed by atoms with Gasteiger partial charge >= 0.3 is 0 Å². The van der Waals surface area contributed by atoms with Gasteiger partial charge in [0.05, 0.1) is 12.2 Å². The number of nitrogens with zero attached hydrogens (tertiary/aromatic N) is 3. The van der Waals surface area contributed by atoms with Crippen LogP contribution in [0.25, 0.3) is 0 Å². The molecule has 1 aliphatic carbocycles. The molecule has 0 radical (unpaired) electrons. The van der Waals surface area contributed by atoms with Gasteiger partial charge in [0.25, 0.3) is 0 Å². The summed E-state index contributed by atoms with van der Waals surface area (Å²) in [7, 11) is 3.47. The summed E-state index contributed by atoms with van der Waals surface area (Å²) in [5.41, 5.74) is 0.897. The van der Waals surface area contributed by atoms with E-state index in [1.165, 1.54) is 19.3 Å². The highest BCUT2D eigenvalue weighted by Gasteiger charge is 2.16. The number of oxazole rings is 1. The number of likely N-dealkylation sites (N-methyl/N-ethyl adjacent to an activating group) is 1. The third-order valence-corrected chi connectivity index (χ3v) is 4.30. The maximum Gasteiger partial charge on any atom is 0.243 e. The van der Waals surface area contributed by atoms with Crippen LogP contribution in [0.1, 0.15) is 49.4 Å². The fraction of sp³-hybridized carbons (Fsp3) is 0.706. The minimum atomic E-state index is -0.0254. The molecule has 0 aliphatic heterocycles. The zero-order chi connectivity index (χ0) is 17.5. The second-order valence-electron chi connectivity index (χ2n) is 6.54. The van der Waals surface area contributed by atoms with Crippen LogP contribution in [0.5, 0.6) is 0 Å². The van der Waals surface area contributed by atoms with Gasteiger partial charge in [-0.1, -0.05) is 19.3 Å². The Morgan fingerprint density at radius 3 is 2.58 bits per heavy atom. The number of rotatable bonds is 5. The summed E-state index contributed by atoms with van der Waals surface area (Å²) < 4.78 is 5.59. The molecule has 1 aromatic heterocycles. The van der Waals surface area contributed by atoms with E-state index in [4.69, 9.17) is 4.42 Å². The van der Waals surface area contributed by atoms with E-state index < -0.39 is 0 Å². The zero-order valence-corrected chi connectivity index (χ0v) is 15.2. The Bertz CT molecular complexity index is 554. The molecule has 1 saturated carbocycles. The zero-order valence-electron chi connectivity index (χ0n) is 15.2. The number of carbonyl (C=O) groups is 1. The second-order valence-corrected chi connectivity index (χ2v) is 6.54. The van der Waals surface area contributed by atoms with Gasteiger partial charge in [0.15, 0.2) is 5.96 Å². The third kappa shape index (κ3) is 5.54. The normalized spacial score (nSPS) is 16.1. The number of hydrogen-bond donors (Lipinski definition) is 2. The first-order valence-electron chi connectivity index (χ1n) is 8.63. The van der Waals surface area contributed by atoms with Crippen molar-refractivity contribution in [1.82, 2.24) is 20.5 Å². The lowest BCUT2D eigenvalue weighted by atomic mass is 9.96. The Labute approximate surface area is 143 Å². The number of hydrogen-bond acceptors (Lipinski definition) is 4. The quantitative estimate of drug-likeness (QED) is 0.633. The predicted octanol–water partition coefficient (Wildman–Crippen LogP) is 1.75. The summed E-state index contributed by atoms with van der Waals surface area (Å²) in [4.78, 5) is 22.1. The first-order chi connectivity index (χ1) is 11.5. The van der Waals surface area contributed by atoms with Crippen molar-refractivity contribution in [1.29, 1.82) is 0 Å². The molecule has 0 aromatic carbocycles. The van der Waals surface area contributed by atoms with Gasteiger partial charge in [0, 0.05) is 20.1 Å². The molecule has 1 aromatic rings. The van der Waals surface area contributed by atoms with E-state index in [1.54, 1.807) is 19.0 Å². The second kappa shape index (κ2) is 8.70. The summed E-state index contributed by atoms with van der Waals surface area (Å²) in [6.07, 6.45) is 6.05. The number of amides is 1.